The van der Waals surface area contributed by atoms with Crippen molar-refractivity contribution in [2.24, 2.45) is 0 Å². The maximum Gasteiger partial charge on any atom is 0.160 e. The topological polar surface area (TPSA) is 54.4 Å². The number of hydrogen-bond donors (Lipinski definition) is 2. The fourth-order valence-electron chi connectivity index (χ4n) is 1.67. The van der Waals surface area contributed by atoms with Crippen molar-refractivity contribution in [2.75, 3.05) is 7.11 Å². The quantitative estimate of drug-likeness (QED) is 0.884. The van der Waals surface area contributed by atoms with E-state index in [2.05, 4.69) is 10.3 Å². The Hall–Kier alpha value is -1.78. The first-order valence-corrected chi connectivity index (χ1v) is 5.76. The Morgan fingerprint density at radius 2 is 2.05 bits per heavy atom. The Labute approximate surface area is 118 Å². The van der Waals surface area contributed by atoms with Gasteiger partial charge >= 0.3 is 0 Å². The molecule has 0 aliphatic rings. The molecule has 1 heterocycles. The van der Waals surface area contributed by atoms with E-state index in [9.17, 15) is 5.11 Å². The van der Waals surface area contributed by atoms with Crippen molar-refractivity contribution in [3.05, 3.63) is 53.9 Å². The van der Waals surface area contributed by atoms with Gasteiger partial charge in [0.15, 0.2) is 11.5 Å². The SMILES string of the molecule is COc1cc(CNCc2ccccn2)ccc1O.Cl. The van der Waals surface area contributed by atoms with Gasteiger partial charge in [0.1, 0.15) is 0 Å². The predicted molar refractivity (Wildman–Crippen MR) is 76.7 cm³/mol. The lowest BCUT2D eigenvalue weighted by atomic mass is 10.2. The van der Waals surface area contributed by atoms with Gasteiger partial charge < -0.3 is 15.2 Å². The maximum absolute atomic E-state index is 9.48. The van der Waals surface area contributed by atoms with Gasteiger partial charge in [0, 0.05) is 19.3 Å². The van der Waals surface area contributed by atoms with E-state index in [-0.39, 0.29) is 18.2 Å². The fourth-order valence-corrected chi connectivity index (χ4v) is 1.67. The van der Waals surface area contributed by atoms with Crippen LogP contribution in [0.25, 0.3) is 0 Å². The molecule has 1 aromatic carbocycles. The molecule has 0 saturated carbocycles. The van der Waals surface area contributed by atoms with Crippen LogP contribution in [0.15, 0.2) is 42.6 Å². The number of ether oxygens (including phenoxy) is 1. The average molecular weight is 281 g/mol. The monoisotopic (exact) mass is 280 g/mol. The number of phenolic OH excluding ortho intramolecular Hbond substituents is 1. The average Bonchev–Trinajstić information content (AvgIpc) is 2.42. The van der Waals surface area contributed by atoms with E-state index in [4.69, 9.17) is 4.74 Å². The summed E-state index contributed by atoms with van der Waals surface area (Å²) in [6, 6.07) is 11.2. The highest BCUT2D eigenvalue weighted by atomic mass is 35.5. The number of aromatic hydroxyl groups is 1. The molecule has 0 atom stereocenters. The Morgan fingerprint density at radius 1 is 1.21 bits per heavy atom. The Kier molecular flexibility index (Phi) is 6.12. The molecular weight excluding hydrogens is 264 g/mol. The van der Waals surface area contributed by atoms with E-state index in [0.717, 1.165) is 11.3 Å². The van der Waals surface area contributed by atoms with E-state index in [0.29, 0.717) is 18.8 Å². The van der Waals surface area contributed by atoms with Crippen molar-refractivity contribution in [3.8, 4) is 11.5 Å². The molecule has 0 amide bonds. The summed E-state index contributed by atoms with van der Waals surface area (Å²) in [4.78, 5) is 4.23. The summed E-state index contributed by atoms with van der Waals surface area (Å²) in [5.41, 5.74) is 2.06. The number of pyridine rings is 1. The van der Waals surface area contributed by atoms with E-state index >= 15 is 0 Å². The third-order valence-electron chi connectivity index (χ3n) is 2.61. The third-order valence-corrected chi connectivity index (χ3v) is 2.61. The second-order valence-electron chi connectivity index (χ2n) is 3.93. The highest BCUT2D eigenvalue weighted by molar-refractivity contribution is 5.85. The summed E-state index contributed by atoms with van der Waals surface area (Å²) in [6.45, 7) is 1.41. The highest BCUT2D eigenvalue weighted by Gasteiger charge is 2.02. The Morgan fingerprint density at radius 3 is 2.74 bits per heavy atom. The standard InChI is InChI=1S/C14H16N2O2.ClH/c1-18-14-8-11(5-6-13(14)17)9-15-10-12-4-2-3-7-16-12;/h2-8,15,17H,9-10H2,1H3;1H. The molecule has 0 spiro atoms. The van der Waals surface area contributed by atoms with Gasteiger partial charge in [-0.25, -0.2) is 0 Å². The molecule has 2 rings (SSSR count). The van der Waals surface area contributed by atoms with Crippen LogP contribution in [0, 0.1) is 0 Å². The van der Waals surface area contributed by atoms with Crippen LogP contribution < -0.4 is 10.1 Å². The molecule has 2 N–H and O–H groups in total. The number of nitrogens with zero attached hydrogens (tertiary/aromatic N) is 1. The summed E-state index contributed by atoms with van der Waals surface area (Å²) in [6.07, 6.45) is 1.78. The molecule has 102 valence electrons. The van der Waals surface area contributed by atoms with Crippen LogP contribution in [0.5, 0.6) is 11.5 Å². The summed E-state index contributed by atoms with van der Waals surface area (Å²) < 4.78 is 5.06. The van der Waals surface area contributed by atoms with Crippen molar-refractivity contribution in [1.29, 1.82) is 0 Å². The Balaban J connectivity index is 0.00000180. The van der Waals surface area contributed by atoms with Crippen LogP contribution in [0.4, 0.5) is 0 Å². The summed E-state index contributed by atoms with van der Waals surface area (Å²) >= 11 is 0. The molecular formula is C14H17ClN2O2. The van der Waals surface area contributed by atoms with Crippen molar-refractivity contribution in [2.45, 2.75) is 13.1 Å². The van der Waals surface area contributed by atoms with E-state index in [1.165, 1.54) is 0 Å². The zero-order chi connectivity index (χ0) is 12.8. The van der Waals surface area contributed by atoms with Gasteiger partial charge in [-0.15, -0.1) is 12.4 Å². The minimum absolute atomic E-state index is 0. The normalized spacial score (nSPS) is 9.74. The third kappa shape index (κ3) is 4.43. The number of methoxy groups -OCH3 is 1. The van der Waals surface area contributed by atoms with Gasteiger partial charge in [-0.2, -0.15) is 0 Å². The van der Waals surface area contributed by atoms with Crippen molar-refractivity contribution >= 4 is 12.4 Å². The molecule has 19 heavy (non-hydrogen) atoms. The molecule has 4 nitrogen and oxygen atoms in total. The zero-order valence-corrected chi connectivity index (χ0v) is 11.5. The van der Waals surface area contributed by atoms with Crippen LogP contribution in [0.2, 0.25) is 0 Å². The number of nitrogens with one attached hydrogen (secondary N) is 1. The first kappa shape index (κ1) is 15.3. The minimum Gasteiger partial charge on any atom is -0.504 e. The number of hydrogen-bond acceptors (Lipinski definition) is 4. The number of halogens is 1. The number of aromatic nitrogens is 1. The second kappa shape index (κ2) is 7.61. The smallest absolute Gasteiger partial charge is 0.160 e. The molecule has 1 aromatic heterocycles. The van der Waals surface area contributed by atoms with Crippen LogP contribution >= 0.6 is 12.4 Å². The largest absolute Gasteiger partial charge is 0.504 e. The molecule has 0 aliphatic heterocycles. The first-order valence-electron chi connectivity index (χ1n) is 5.76. The molecule has 0 unspecified atom stereocenters. The number of phenols is 1. The minimum atomic E-state index is 0. The van der Waals surface area contributed by atoms with Crippen LogP contribution in [-0.4, -0.2) is 17.2 Å². The van der Waals surface area contributed by atoms with Gasteiger partial charge in [0.05, 0.1) is 12.8 Å². The van der Waals surface area contributed by atoms with Crippen LogP contribution in [-0.2, 0) is 13.1 Å². The van der Waals surface area contributed by atoms with Crippen molar-refractivity contribution in [3.63, 3.8) is 0 Å². The zero-order valence-electron chi connectivity index (χ0n) is 10.7. The highest BCUT2D eigenvalue weighted by Crippen LogP contribution is 2.26. The van der Waals surface area contributed by atoms with Gasteiger partial charge in [0.2, 0.25) is 0 Å². The van der Waals surface area contributed by atoms with E-state index in [1.54, 1.807) is 19.4 Å². The van der Waals surface area contributed by atoms with Gasteiger partial charge in [-0.1, -0.05) is 12.1 Å². The first-order chi connectivity index (χ1) is 8.79. The van der Waals surface area contributed by atoms with Crippen LogP contribution in [0.1, 0.15) is 11.3 Å². The number of benzene rings is 1. The molecule has 5 heteroatoms. The fraction of sp³-hybridized carbons (Fsp3) is 0.214. The molecule has 0 saturated heterocycles. The molecule has 0 fully saturated rings. The van der Waals surface area contributed by atoms with Gasteiger partial charge in [0.25, 0.3) is 0 Å². The number of rotatable bonds is 5. The van der Waals surface area contributed by atoms with Crippen molar-refractivity contribution < 1.29 is 9.84 Å². The second-order valence-corrected chi connectivity index (χ2v) is 3.93. The van der Waals surface area contributed by atoms with Crippen LogP contribution in [0.3, 0.4) is 0 Å². The summed E-state index contributed by atoms with van der Waals surface area (Å²) in [5, 5.41) is 12.8. The maximum atomic E-state index is 9.48. The lowest BCUT2D eigenvalue weighted by Gasteiger charge is -2.07. The molecule has 0 bridgehead atoms. The molecule has 0 aliphatic carbocycles. The lowest BCUT2D eigenvalue weighted by molar-refractivity contribution is 0.373. The van der Waals surface area contributed by atoms with Gasteiger partial charge in [-0.3, -0.25) is 4.98 Å². The Bertz CT molecular complexity index is 506. The van der Waals surface area contributed by atoms with Gasteiger partial charge in [-0.05, 0) is 29.8 Å². The van der Waals surface area contributed by atoms with Crippen molar-refractivity contribution in [1.82, 2.24) is 10.3 Å². The lowest BCUT2D eigenvalue weighted by Crippen LogP contribution is -2.13. The summed E-state index contributed by atoms with van der Waals surface area (Å²) in [7, 11) is 1.54. The molecule has 0 radical (unpaired) electrons. The predicted octanol–water partition coefficient (Wildman–Crippen LogP) is 2.51. The molecule has 2 aromatic rings. The summed E-state index contributed by atoms with van der Waals surface area (Å²) in [5.74, 6) is 0.651. The van der Waals surface area contributed by atoms with E-state index in [1.807, 2.05) is 30.3 Å². The van der Waals surface area contributed by atoms with E-state index < -0.39 is 0 Å².